The van der Waals surface area contributed by atoms with Crippen LogP contribution in [0.2, 0.25) is 0 Å². The minimum Gasteiger partial charge on any atom is -0.457 e. The van der Waals surface area contributed by atoms with Gasteiger partial charge in [0, 0.05) is 17.3 Å². The maximum atomic E-state index is 5.96. The Morgan fingerprint density at radius 1 is 0.700 bits per heavy atom. The van der Waals surface area contributed by atoms with E-state index in [0.29, 0.717) is 5.69 Å². The largest absolute Gasteiger partial charge is 0.457 e. The zero-order valence-corrected chi connectivity index (χ0v) is 11.0. The molecule has 0 aliphatic heterocycles. The van der Waals surface area contributed by atoms with Crippen LogP contribution in [0.25, 0.3) is 11.1 Å². The Morgan fingerprint density at radius 2 is 1.35 bits per heavy atom. The minimum atomic E-state index is 0.690. The van der Waals surface area contributed by atoms with E-state index in [0.717, 1.165) is 22.6 Å². The molecule has 0 atom stereocenters. The Balaban J connectivity index is 2.03. The second kappa shape index (κ2) is 5.49. The molecule has 0 spiro atoms. The zero-order chi connectivity index (χ0) is 13.8. The molecule has 2 heteroatoms. The lowest BCUT2D eigenvalue weighted by Gasteiger charge is -2.12. The van der Waals surface area contributed by atoms with Gasteiger partial charge in [0.1, 0.15) is 11.5 Å². The van der Waals surface area contributed by atoms with Crippen molar-refractivity contribution in [3.8, 4) is 22.6 Å². The second-order valence-corrected chi connectivity index (χ2v) is 4.54. The molecule has 0 aliphatic carbocycles. The molecule has 2 N–H and O–H groups in total. The van der Waals surface area contributed by atoms with Gasteiger partial charge in [-0.25, -0.2) is 0 Å². The summed E-state index contributed by atoms with van der Waals surface area (Å²) in [6.07, 6.45) is 0. The van der Waals surface area contributed by atoms with Gasteiger partial charge < -0.3 is 10.5 Å². The molecule has 0 heterocycles. The lowest BCUT2D eigenvalue weighted by molar-refractivity contribution is 0.485. The van der Waals surface area contributed by atoms with E-state index in [4.69, 9.17) is 10.5 Å². The lowest BCUT2D eigenvalue weighted by atomic mass is 10.0. The Bertz CT molecular complexity index is 693. The van der Waals surface area contributed by atoms with Crippen LogP contribution in [-0.4, -0.2) is 0 Å². The van der Waals surface area contributed by atoms with Crippen molar-refractivity contribution in [2.24, 2.45) is 0 Å². The van der Waals surface area contributed by atoms with Gasteiger partial charge in [-0.1, -0.05) is 48.5 Å². The topological polar surface area (TPSA) is 35.2 Å². The van der Waals surface area contributed by atoms with Crippen molar-refractivity contribution in [2.45, 2.75) is 0 Å². The Labute approximate surface area is 118 Å². The molecule has 0 fully saturated rings. The molecule has 3 aromatic rings. The minimum absolute atomic E-state index is 0.690. The SMILES string of the molecule is Nc1ccc(-c2ccccc2)c(Oc2ccccc2)c1. The molecule has 0 amide bonds. The van der Waals surface area contributed by atoms with Gasteiger partial charge in [0.2, 0.25) is 0 Å². The number of nitrogens with two attached hydrogens (primary N) is 1. The molecule has 0 saturated carbocycles. The van der Waals surface area contributed by atoms with E-state index in [1.807, 2.05) is 66.7 Å². The van der Waals surface area contributed by atoms with Crippen LogP contribution in [0.1, 0.15) is 0 Å². The fraction of sp³-hybridized carbons (Fsp3) is 0. The maximum Gasteiger partial charge on any atom is 0.137 e. The van der Waals surface area contributed by atoms with E-state index in [1.54, 1.807) is 0 Å². The normalized spacial score (nSPS) is 10.2. The van der Waals surface area contributed by atoms with Gasteiger partial charge in [0.05, 0.1) is 0 Å². The van der Waals surface area contributed by atoms with Gasteiger partial charge in [-0.3, -0.25) is 0 Å². The first-order chi connectivity index (χ1) is 9.83. The predicted octanol–water partition coefficient (Wildman–Crippen LogP) is 4.73. The smallest absolute Gasteiger partial charge is 0.137 e. The molecule has 20 heavy (non-hydrogen) atoms. The van der Waals surface area contributed by atoms with Gasteiger partial charge in [0.15, 0.2) is 0 Å². The number of para-hydroxylation sites is 1. The van der Waals surface area contributed by atoms with Crippen molar-refractivity contribution in [3.05, 3.63) is 78.9 Å². The summed E-state index contributed by atoms with van der Waals surface area (Å²) in [6, 6.07) is 25.6. The standard InChI is InChI=1S/C18H15NO/c19-15-11-12-17(14-7-3-1-4-8-14)18(13-15)20-16-9-5-2-6-10-16/h1-13H,19H2. The number of hydrogen-bond donors (Lipinski definition) is 1. The maximum absolute atomic E-state index is 5.96. The summed E-state index contributed by atoms with van der Waals surface area (Å²) in [7, 11) is 0. The van der Waals surface area contributed by atoms with E-state index < -0.39 is 0 Å². The average molecular weight is 261 g/mol. The van der Waals surface area contributed by atoms with E-state index in [1.165, 1.54) is 0 Å². The van der Waals surface area contributed by atoms with Crippen molar-refractivity contribution in [3.63, 3.8) is 0 Å². The highest BCUT2D eigenvalue weighted by atomic mass is 16.5. The molecule has 98 valence electrons. The highest BCUT2D eigenvalue weighted by Crippen LogP contribution is 2.34. The van der Waals surface area contributed by atoms with Crippen molar-refractivity contribution in [2.75, 3.05) is 5.73 Å². The number of hydrogen-bond acceptors (Lipinski definition) is 2. The van der Waals surface area contributed by atoms with Gasteiger partial charge in [0.25, 0.3) is 0 Å². The number of ether oxygens (including phenoxy) is 1. The number of benzene rings is 3. The van der Waals surface area contributed by atoms with Crippen LogP contribution in [-0.2, 0) is 0 Å². The third-order valence-corrected chi connectivity index (χ3v) is 3.06. The number of nitrogen functional groups attached to an aromatic ring is 1. The molecule has 0 radical (unpaired) electrons. The van der Waals surface area contributed by atoms with Crippen LogP contribution in [0.5, 0.6) is 11.5 Å². The highest BCUT2D eigenvalue weighted by Gasteiger charge is 2.07. The summed E-state index contributed by atoms with van der Waals surface area (Å²) < 4.78 is 5.96. The third-order valence-electron chi connectivity index (χ3n) is 3.06. The van der Waals surface area contributed by atoms with Gasteiger partial charge in [-0.05, 0) is 29.8 Å². The quantitative estimate of drug-likeness (QED) is 0.692. The van der Waals surface area contributed by atoms with Crippen LogP contribution in [0, 0.1) is 0 Å². The molecule has 0 aromatic heterocycles. The molecule has 0 unspecified atom stereocenters. The van der Waals surface area contributed by atoms with Crippen LogP contribution in [0.3, 0.4) is 0 Å². The Kier molecular flexibility index (Phi) is 3.38. The Morgan fingerprint density at radius 3 is 2.05 bits per heavy atom. The zero-order valence-electron chi connectivity index (χ0n) is 11.0. The summed E-state index contributed by atoms with van der Waals surface area (Å²) in [5, 5.41) is 0. The van der Waals surface area contributed by atoms with Crippen LogP contribution in [0.4, 0.5) is 5.69 Å². The van der Waals surface area contributed by atoms with Crippen LogP contribution in [0.15, 0.2) is 78.9 Å². The molecular formula is C18H15NO. The summed E-state index contributed by atoms with van der Waals surface area (Å²) in [6.45, 7) is 0. The Hall–Kier alpha value is -2.74. The summed E-state index contributed by atoms with van der Waals surface area (Å²) in [4.78, 5) is 0. The molecule has 3 aromatic carbocycles. The van der Waals surface area contributed by atoms with E-state index in [9.17, 15) is 0 Å². The summed E-state index contributed by atoms with van der Waals surface area (Å²) in [5.41, 5.74) is 8.71. The molecule has 3 rings (SSSR count). The number of anilines is 1. The highest BCUT2D eigenvalue weighted by molar-refractivity contribution is 5.73. The van der Waals surface area contributed by atoms with Crippen molar-refractivity contribution < 1.29 is 4.74 Å². The summed E-state index contributed by atoms with van der Waals surface area (Å²) in [5.74, 6) is 1.57. The molecule has 0 saturated heterocycles. The van der Waals surface area contributed by atoms with Crippen LogP contribution < -0.4 is 10.5 Å². The third kappa shape index (κ3) is 2.64. The lowest BCUT2D eigenvalue weighted by Crippen LogP contribution is -1.91. The predicted molar refractivity (Wildman–Crippen MR) is 82.8 cm³/mol. The first-order valence-electron chi connectivity index (χ1n) is 6.51. The first-order valence-corrected chi connectivity index (χ1v) is 6.51. The molecular weight excluding hydrogens is 246 g/mol. The second-order valence-electron chi connectivity index (χ2n) is 4.54. The van der Waals surface area contributed by atoms with Gasteiger partial charge in [-0.2, -0.15) is 0 Å². The molecule has 0 aliphatic rings. The summed E-state index contributed by atoms with van der Waals surface area (Å²) >= 11 is 0. The van der Waals surface area contributed by atoms with E-state index in [-0.39, 0.29) is 0 Å². The van der Waals surface area contributed by atoms with Crippen LogP contribution >= 0.6 is 0 Å². The monoisotopic (exact) mass is 261 g/mol. The van der Waals surface area contributed by atoms with E-state index in [2.05, 4.69) is 12.1 Å². The number of rotatable bonds is 3. The molecule has 2 nitrogen and oxygen atoms in total. The molecule has 0 bridgehead atoms. The van der Waals surface area contributed by atoms with Crippen molar-refractivity contribution in [1.82, 2.24) is 0 Å². The van der Waals surface area contributed by atoms with Gasteiger partial charge in [-0.15, -0.1) is 0 Å². The fourth-order valence-electron chi connectivity index (χ4n) is 2.10. The van der Waals surface area contributed by atoms with Crippen molar-refractivity contribution in [1.29, 1.82) is 0 Å². The van der Waals surface area contributed by atoms with Gasteiger partial charge >= 0.3 is 0 Å². The first kappa shape index (κ1) is 12.3. The average Bonchev–Trinajstić information content (AvgIpc) is 2.49. The fourth-order valence-corrected chi connectivity index (χ4v) is 2.10. The van der Waals surface area contributed by atoms with E-state index >= 15 is 0 Å². The van der Waals surface area contributed by atoms with Crippen molar-refractivity contribution >= 4 is 5.69 Å².